The lowest BCUT2D eigenvalue weighted by Crippen LogP contribution is -2.35. The second-order valence-corrected chi connectivity index (χ2v) is 8.98. The summed E-state index contributed by atoms with van der Waals surface area (Å²) in [7, 11) is -4.01. The predicted molar refractivity (Wildman–Crippen MR) is 114 cm³/mol. The molecule has 0 bridgehead atoms. The minimum absolute atomic E-state index is 0.0794. The molecule has 0 radical (unpaired) electrons. The number of aryl methyl sites for hydroxylation is 2. The number of amides is 1. The molecule has 0 aliphatic carbocycles. The molecule has 10 heteroatoms. The number of ether oxygens (including phenoxy) is 1. The van der Waals surface area contributed by atoms with Crippen LogP contribution in [0.15, 0.2) is 45.8 Å². The molecule has 30 heavy (non-hydrogen) atoms. The molecule has 0 aromatic heterocycles. The maximum atomic E-state index is 12.7. The summed E-state index contributed by atoms with van der Waals surface area (Å²) in [4.78, 5) is 26.3. The Kier molecular flexibility index (Phi) is 7.72. The fraction of sp³-hybridized carbons (Fsp3) is 0.250. The van der Waals surface area contributed by atoms with Gasteiger partial charge >= 0.3 is 5.97 Å². The summed E-state index contributed by atoms with van der Waals surface area (Å²) in [5.74, 6) is -1.40. The number of carbonyl (C=O) groups excluding carboxylic acids is 2. The van der Waals surface area contributed by atoms with E-state index in [-0.39, 0.29) is 23.4 Å². The average Bonchev–Trinajstić information content (AvgIpc) is 2.65. The van der Waals surface area contributed by atoms with Crippen LogP contribution >= 0.6 is 15.9 Å². The van der Waals surface area contributed by atoms with E-state index in [2.05, 4.69) is 15.9 Å². The average molecular weight is 494 g/mol. The van der Waals surface area contributed by atoms with Crippen LogP contribution in [0.5, 0.6) is 0 Å². The van der Waals surface area contributed by atoms with Gasteiger partial charge < -0.3 is 9.64 Å². The number of anilines is 1. The fourth-order valence-electron chi connectivity index (χ4n) is 2.79. The summed E-state index contributed by atoms with van der Waals surface area (Å²) in [6, 6.07) is 11.2. The van der Waals surface area contributed by atoms with E-state index in [1.165, 1.54) is 17.0 Å². The van der Waals surface area contributed by atoms with Gasteiger partial charge in [0.05, 0.1) is 22.9 Å². The Morgan fingerprint density at radius 3 is 2.37 bits per heavy atom. The molecule has 0 atom stereocenters. The zero-order valence-electron chi connectivity index (χ0n) is 16.4. The van der Waals surface area contributed by atoms with Crippen LogP contribution in [-0.2, 0) is 19.6 Å². The van der Waals surface area contributed by atoms with Crippen LogP contribution in [0.25, 0.3) is 0 Å². The van der Waals surface area contributed by atoms with Gasteiger partial charge in [-0.2, -0.15) is 5.26 Å². The van der Waals surface area contributed by atoms with Gasteiger partial charge in [-0.1, -0.05) is 6.07 Å². The zero-order chi connectivity index (χ0) is 22.5. The normalized spacial score (nSPS) is 10.9. The highest BCUT2D eigenvalue weighted by molar-refractivity contribution is 9.10. The maximum absolute atomic E-state index is 12.7. The van der Waals surface area contributed by atoms with Crippen molar-refractivity contribution in [3.05, 3.63) is 57.6 Å². The number of primary sulfonamides is 1. The Balaban J connectivity index is 2.21. The number of nitrogens with zero attached hydrogens (tertiary/aromatic N) is 2. The van der Waals surface area contributed by atoms with Gasteiger partial charge in [-0.05, 0) is 71.2 Å². The first-order valence-corrected chi connectivity index (χ1v) is 11.1. The Labute approximate surface area is 183 Å². The first kappa shape index (κ1) is 23.5. The maximum Gasteiger partial charge on any atom is 0.339 e. The van der Waals surface area contributed by atoms with Crippen molar-refractivity contribution in [2.75, 3.05) is 18.1 Å². The van der Waals surface area contributed by atoms with Gasteiger partial charge in [-0.25, -0.2) is 18.4 Å². The van der Waals surface area contributed by atoms with Crippen LogP contribution in [0, 0.1) is 25.2 Å². The third-order valence-electron chi connectivity index (χ3n) is 4.08. The molecular formula is C20H20BrN3O5S. The first-order valence-electron chi connectivity index (χ1n) is 8.78. The number of halogens is 1. The fourth-order valence-corrected chi connectivity index (χ4v) is 3.74. The van der Waals surface area contributed by atoms with Gasteiger partial charge in [0, 0.05) is 16.7 Å². The van der Waals surface area contributed by atoms with E-state index in [4.69, 9.17) is 15.1 Å². The van der Waals surface area contributed by atoms with Crippen LogP contribution in [-0.4, -0.2) is 33.4 Å². The molecule has 1 amide bonds. The molecule has 8 nitrogen and oxygen atoms in total. The number of carbonyl (C=O) groups is 2. The summed E-state index contributed by atoms with van der Waals surface area (Å²) in [6.07, 6.45) is 0.106. The van der Waals surface area contributed by atoms with Crippen LogP contribution in [0.2, 0.25) is 0 Å². The molecule has 2 N–H and O–H groups in total. The molecule has 0 spiro atoms. The van der Waals surface area contributed by atoms with Gasteiger partial charge in [-0.15, -0.1) is 0 Å². The van der Waals surface area contributed by atoms with E-state index >= 15 is 0 Å². The van der Waals surface area contributed by atoms with Crippen molar-refractivity contribution in [1.82, 2.24) is 0 Å². The van der Waals surface area contributed by atoms with Crippen molar-refractivity contribution in [2.24, 2.45) is 5.14 Å². The van der Waals surface area contributed by atoms with E-state index in [1.807, 2.05) is 26.0 Å². The van der Waals surface area contributed by atoms with Gasteiger partial charge in [0.2, 0.25) is 10.0 Å². The number of nitrogens with two attached hydrogens (primary N) is 1. The summed E-state index contributed by atoms with van der Waals surface area (Å²) in [5.41, 5.74) is 2.41. The van der Waals surface area contributed by atoms with Gasteiger partial charge in [-0.3, -0.25) is 4.79 Å². The molecule has 2 aromatic rings. The summed E-state index contributed by atoms with van der Waals surface area (Å²) in [5, 5.41) is 14.0. The zero-order valence-corrected chi connectivity index (χ0v) is 18.8. The van der Waals surface area contributed by atoms with E-state index in [1.54, 1.807) is 12.1 Å². The lowest BCUT2D eigenvalue weighted by Gasteiger charge is -2.22. The van der Waals surface area contributed by atoms with Gasteiger partial charge in [0.1, 0.15) is 0 Å². The molecule has 0 heterocycles. The molecule has 0 saturated carbocycles. The first-order chi connectivity index (χ1) is 14.0. The van der Waals surface area contributed by atoms with Crippen molar-refractivity contribution in [3.63, 3.8) is 0 Å². The lowest BCUT2D eigenvalue weighted by atomic mass is 10.1. The van der Waals surface area contributed by atoms with Crippen molar-refractivity contribution in [1.29, 1.82) is 5.26 Å². The van der Waals surface area contributed by atoms with E-state index < -0.39 is 28.5 Å². The van der Waals surface area contributed by atoms with Crippen molar-refractivity contribution >= 4 is 43.5 Å². The number of hydrogen-bond acceptors (Lipinski definition) is 6. The summed E-state index contributed by atoms with van der Waals surface area (Å²) in [6.45, 7) is 3.34. The third-order valence-corrected chi connectivity index (χ3v) is 5.68. The van der Waals surface area contributed by atoms with E-state index in [0.29, 0.717) is 10.2 Å². The monoisotopic (exact) mass is 493 g/mol. The van der Waals surface area contributed by atoms with E-state index in [9.17, 15) is 18.0 Å². The second-order valence-electron chi connectivity index (χ2n) is 6.56. The van der Waals surface area contributed by atoms with Gasteiger partial charge in [0.25, 0.3) is 5.91 Å². The molecule has 0 unspecified atom stereocenters. The van der Waals surface area contributed by atoms with Crippen molar-refractivity contribution in [2.45, 2.75) is 25.2 Å². The minimum atomic E-state index is -4.01. The van der Waals surface area contributed by atoms with Crippen molar-refractivity contribution in [3.8, 4) is 6.07 Å². The van der Waals surface area contributed by atoms with Crippen LogP contribution in [0.3, 0.4) is 0 Å². The molecule has 158 valence electrons. The molecule has 2 aromatic carbocycles. The second kappa shape index (κ2) is 9.84. The quantitative estimate of drug-likeness (QED) is 0.589. The largest absolute Gasteiger partial charge is 0.452 e. The molecule has 0 aliphatic rings. The Morgan fingerprint density at radius 2 is 1.80 bits per heavy atom. The Morgan fingerprint density at radius 1 is 1.17 bits per heavy atom. The number of sulfonamides is 1. The standard InChI is InChI=1S/C20H20BrN3O5S/c1-13-8-14(2)10-15(9-13)24(7-3-6-22)19(25)12-29-20(26)17-11-16(30(23,27)28)4-5-18(17)21/h4-5,8-11H,3,7,12H2,1-2H3,(H2,23,27,28). The smallest absolute Gasteiger partial charge is 0.339 e. The number of rotatable bonds is 7. The Hall–Kier alpha value is -2.74. The van der Waals surface area contributed by atoms with Crippen LogP contribution in [0.1, 0.15) is 27.9 Å². The van der Waals surface area contributed by atoms with E-state index in [0.717, 1.165) is 17.2 Å². The third kappa shape index (κ3) is 6.13. The SMILES string of the molecule is Cc1cc(C)cc(N(CCC#N)C(=O)COC(=O)c2cc(S(N)(=O)=O)ccc2Br)c1. The molecule has 2 rings (SSSR count). The van der Waals surface area contributed by atoms with Crippen LogP contribution < -0.4 is 10.0 Å². The summed E-state index contributed by atoms with van der Waals surface area (Å²) >= 11 is 3.15. The molecule has 0 saturated heterocycles. The highest BCUT2D eigenvalue weighted by Gasteiger charge is 2.21. The summed E-state index contributed by atoms with van der Waals surface area (Å²) < 4.78 is 28.4. The highest BCUT2D eigenvalue weighted by atomic mass is 79.9. The topological polar surface area (TPSA) is 131 Å². The number of nitriles is 1. The van der Waals surface area contributed by atoms with Crippen molar-refractivity contribution < 1.29 is 22.7 Å². The molecule has 0 aliphatic heterocycles. The minimum Gasteiger partial charge on any atom is -0.452 e. The number of benzene rings is 2. The number of hydrogen-bond donors (Lipinski definition) is 1. The van der Waals surface area contributed by atoms with Gasteiger partial charge in [0.15, 0.2) is 6.61 Å². The predicted octanol–water partition coefficient (Wildman–Crippen LogP) is 2.82. The molecular weight excluding hydrogens is 474 g/mol. The highest BCUT2D eigenvalue weighted by Crippen LogP contribution is 2.22. The Bertz CT molecular complexity index is 1110. The lowest BCUT2D eigenvalue weighted by molar-refractivity contribution is -0.121. The van der Waals surface area contributed by atoms with Crippen LogP contribution in [0.4, 0.5) is 5.69 Å². The number of esters is 1. The molecule has 0 fully saturated rings.